The molecule has 4 nitrogen and oxygen atoms in total. The molecule has 0 saturated heterocycles. The zero-order valence-corrected chi connectivity index (χ0v) is 16.9. The van der Waals surface area contributed by atoms with Gasteiger partial charge in [0.15, 0.2) is 15.1 Å². The van der Waals surface area contributed by atoms with Gasteiger partial charge in [-0.1, -0.05) is 42.6 Å². The lowest BCUT2D eigenvalue weighted by molar-refractivity contribution is -0.138. The van der Waals surface area contributed by atoms with E-state index in [4.69, 9.17) is 11.6 Å². The quantitative estimate of drug-likeness (QED) is 0.522. The Morgan fingerprint density at radius 1 is 1.03 bits per heavy atom. The van der Waals surface area contributed by atoms with Crippen molar-refractivity contribution < 1.29 is 31.5 Å². The van der Waals surface area contributed by atoms with Gasteiger partial charge in [0.1, 0.15) is 0 Å². The van der Waals surface area contributed by atoms with Crippen molar-refractivity contribution >= 4 is 27.4 Å². The first-order chi connectivity index (χ1) is 13.5. The van der Waals surface area contributed by atoms with Crippen molar-refractivity contribution in [3.63, 3.8) is 0 Å². The number of unbranched alkanes of at least 4 members (excludes halogenated alkanes) is 2. The summed E-state index contributed by atoms with van der Waals surface area (Å²) >= 11 is 5.81. The van der Waals surface area contributed by atoms with Crippen LogP contribution in [0.1, 0.15) is 36.8 Å². The molecule has 0 amide bonds. The number of benzene rings is 2. The molecule has 0 bridgehead atoms. The summed E-state index contributed by atoms with van der Waals surface area (Å²) in [6.45, 7) is 0. The molecule has 0 aliphatic heterocycles. The molecule has 158 valence electrons. The lowest BCUT2D eigenvalue weighted by atomic mass is 10.1. The molecule has 0 radical (unpaired) electrons. The molecule has 0 saturated carbocycles. The van der Waals surface area contributed by atoms with E-state index in [9.17, 15) is 31.5 Å². The van der Waals surface area contributed by atoms with E-state index < -0.39 is 37.7 Å². The number of alkyl halides is 3. The van der Waals surface area contributed by atoms with Crippen molar-refractivity contribution in [1.82, 2.24) is 0 Å². The smallest absolute Gasteiger partial charge is 0.416 e. The topological polar surface area (TPSA) is 71.4 Å². The number of sulfone groups is 1. The van der Waals surface area contributed by atoms with Gasteiger partial charge in [0.2, 0.25) is 0 Å². The zero-order chi connectivity index (χ0) is 21.7. The number of carboxylic acids is 1. The van der Waals surface area contributed by atoms with Crippen molar-refractivity contribution in [3.8, 4) is 0 Å². The highest BCUT2D eigenvalue weighted by molar-refractivity contribution is 7.92. The molecule has 1 atom stereocenters. The Bertz CT molecular complexity index is 941. The van der Waals surface area contributed by atoms with Crippen molar-refractivity contribution in [1.29, 1.82) is 0 Å². The van der Waals surface area contributed by atoms with Gasteiger partial charge in [0, 0.05) is 5.02 Å². The van der Waals surface area contributed by atoms with Gasteiger partial charge in [0.25, 0.3) is 0 Å². The summed E-state index contributed by atoms with van der Waals surface area (Å²) in [7, 11) is -4.44. The lowest BCUT2D eigenvalue weighted by Gasteiger charge is -2.15. The van der Waals surface area contributed by atoms with Crippen LogP contribution < -0.4 is 0 Å². The predicted octanol–water partition coefficient (Wildman–Crippen LogP) is 5.39. The van der Waals surface area contributed by atoms with Gasteiger partial charge in [-0.15, -0.1) is 0 Å². The first kappa shape index (κ1) is 23.2. The highest BCUT2D eigenvalue weighted by Gasteiger charge is 2.36. The summed E-state index contributed by atoms with van der Waals surface area (Å²) < 4.78 is 63.8. The van der Waals surface area contributed by atoms with Gasteiger partial charge in [-0.2, -0.15) is 13.2 Å². The monoisotopic (exact) mass is 448 g/mol. The molecule has 0 fully saturated rings. The van der Waals surface area contributed by atoms with E-state index in [0.717, 1.165) is 36.6 Å². The normalized spacial score (nSPS) is 13.2. The third kappa shape index (κ3) is 6.47. The van der Waals surface area contributed by atoms with E-state index in [1.165, 1.54) is 0 Å². The molecule has 9 heteroatoms. The Hall–Kier alpha value is -2.06. The minimum Gasteiger partial charge on any atom is -0.480 e. The van der Waals surface area contributed by atoms with Crippen LogP contribution in [0.5, 0.6) is 0 Å². The molecule has 0 aliphatic carbocycles. The van der Waals surface area contributed by atoms with E-state index in [1.54, 1.807) is 12.1 Å². The van der Waals surface area contributed by atoms with Crippen molar-refractivity contribution in [2.75, 3.05) is 0 Å². The molecular formula is C20H20ClF3O4S. The van der Waals surface area contributed by atoms with E-state index in [1.807, 2.05) is 12.1 Å². The van der Waals surface area contributed by atoms with Crippen LogP contribution in [0.15, 0.2) is 53.4 Å². The summed E-state index contributed by atoms with van der Waals surface area (Å²) in [5, 5.41) is 8.18. The van der Waals surface area contributed by atoms with Crippen LogP contribution in [0.25, 0.3) is 0 Å². The van der Waals surface area contributed by atoms with Gasteiger partial charge in [-0.25, -0.2) is 8.42 Å². The summed E-state index contributed by atoms with van der Waals surface area (Å²) in [6, 6.07) is 10.4. The fraction of sp³-hybridized carbons (Fsp3) is 0.350. The molecule has 29 heavy (non-hydrogen) atoms. The lowest BCUT2D eigenvalue weighted by Crippen LogP contribution is -2.30. The van der Waals surface area contributed by atoms with E-state index in [0.29, 0.717) is 23.9 Å². The van der Waals surface area contributed by atoms with Crippen LogP contribution in [-0.2, 0) is 27.2 Å². The summed E-state index contributed by atoms with van der Waals surface area (Å²) in [4.78, 5) is 10.9. The SMILES string of the molecule is O=C(O)C(CCCCCc1ccc(Cl)cc1)S(=O)(=O)c1cccc(C(F)(F)F)c1. The molecule has 0 heterocycles. The maximum Gasteiger partial charge on any atom is 0.416 e. The van der Waals surface area contributed by atoms with E-state index in [2.05, 4.69) is 0 Å². The fourth-order valence-corrected chi connectivity index (χ4v) is 4.67. The maximum atomic E-state index is 12.8. The number of aliphatic carboxylic acids is 1. The number of hydrogen-bond donors (Lipinski definition) is 1. The Balaban J connectivity index is 2.01. The average molecular weight is 449 g/mol. The predicted molar refractivity (Wildman–Crippen MR) is 104 cm³/mol. The highest BCUT2D eigenvalue weighted by atomic mass is 35.5. The highest BCUT2D eigenvalue weighted by Crippen LogP contribution is 2.31. The first-order valence-electron chi connectivity index (χ1n) is 8.90. The number of aryl methyl sites for hydroxylation is 1. The van der Waals surface area contributed by atoms with Crippen LogP contribution in [0.4, 0.5) is 13.2 Å². The Kier molecular flexibility index (Phi) is 7.71. The van der Waals surface area contributed by atoms with Gasteiger partial charge >= 0.3 is 12.1 Å². The summed E-state index contributed by atoms with van der Waals surface area (Å²) in [6.07, 6.45) is -2.53. The second-order valence-electron chi connectivity index (χ2n) is 6.62. The van der Waals surface area contributed by atoms with Crippen LogP contribution in [0, 0.1) is 0 Å². The van der Waals surface area contributed by atoms with Gasteiger partial charge in [-0.3, -0.25) is 4.79 Å². The van der Waals surface area contributed by atoms with E-state index >= 15 is 0 Å². The molecular weight excluding hydrogens is 429 g/mol. The molecule has 0 spiro atoms. The minimum atomic E-state index is -4.72. The third-order valence-electron chi connectivity index (χ3n) is 4.48. The van der Waals surface area contributed by atoms with Crippen LogP contribution in [0.2, 0.25) is 5.02 Å². The summed E-state index contributed by atoms with van der Waals surface area (Å²) in [5.74, 6) is -1.57. The Labute approximate surface area is 172 Å². The van der Waals surface area contributed by atoms with Crippen molar-refractivity contribution in [3.05, 3.63) is 64.7 Å². The maximum absolute atomic E-state index is 12.8. The third-order valence-corrected chi connectivity index (χ3v) is 6.83. The number of rotatable bonds is 9. The number of carboxylic acid groups (broad SMARTS) is 1. The zero-order valence-electron chi connectivity index (χ0n) is 15.3. The first-order valence-corrected chi connectivity index (χ1v) is 10.8. The second kappa shape index (κ2) is 9.63. The van der Waals surface area contributed by atoms with Crippen molar-refractivity contribution in [2.24, 2.45) is 0 Å². The number of carbonyl (C=O) groups is 1. The largest absolute Gasteiger partial charge is 0.480 e. The van der Waals surface area contributed by atoms with Gasteiger partial charge < -0.3 is 5.11 Å². The minimum absolute atomic E-state index is 0.172. The number of hydrogen-bond acceptors (Lipinski definition) is 3. The Morgan fingerprint density at radius 2 is 1.69 bits per heavy atom. The van der Waals surface area contributed by atoms with Gasteiger partial charge in [0.05, 0.1) is 10.5 Å². The molecule has 1 unspecified atom stereocenters. The van der Waals surface area contributed by atoms with Crippen LogP contribution >= 0.6 is 11.6 Å². The molecule has 2 aromatic rings. The standard InChI is InChI=1S/C20H20ClF3O4S/c21-16-11-9-14(10-12-16)5-2-1-3-8-18(19(25)26)29(27,28)17-7-4-6-15(13-17)20(22,23)24/h4,6-7,9-13,18H,1-3,5,8H2,(H,25,26). The molecule has 2 rings (SSSR count). The van der Waals surface area contributed by atoms with Gasteiger partial charge in [-0.05, 0) is 55.2 Å². The molecule has 0 aromatic heterocycles. The fourth-order valence-electron chi connectivity index (χ4n) is 2.91. The second-order valence-corrected chi connectivity index (χ2v) is 9.19. The molecule has 2 aromatic carbocycles. The van der Waals surface area contributed by atoms with Crippen LogP contribution in [0.3, 0.4) is 0 Å². The van der Waals surface area contributed by atoms with E-state index in [-0.39, 0.29) is 6.42 Å². The van der Waals surface area contributed by atoms with Crippen LogP contribution in [-0.4, -0.2) is 24.7 Å². The number of halogens is 4. The average Bonchev–Trinajstić information content (AvgIpc) is 2.65. The van der Waals surface area contributed by atoms with Crippen molar-refractivity contribution in [2.45, 2.75) is 48.4 Å². The molecule has 1 N–H and O–H groups in total. The Morgan fingerprint density at radius 3 is 2.28 bits per heavy atom. The summed E-state index contributed by atoms with van der Waals surface area (Å²) in [5.41, 5.74) is -0.0774. The molecule has 0 aliphatic rings.